The fraction of sp³-hybridized carbons (Fsp3) is 0.278. The molecule has 1 aliphatic rings. The third kappa shape index (κ3) is 3.44. The van der Waals surface area contributed by atoms with Crippen molar-refractivity contribution >= 4 is 11.7 Å². The third-order valence-electron chi connectivity index (χ3n) is 4.27. The molecule has 1 fully saturated rings. The number of amides is 2. The molecule has 3 rings (SSSR count). The summed E-state index contributed by atoms with van der Waals surface area (Å²) in [6.45, 7) is 0.527. The van der Waals surface area contributed by atoms with E-state index >= 15 is 0 Å². The summed E-state index contributed by atoms with van der Waals surface area (Å²) in [6.07, 6.45) is 2.05. The molecule has 0 unspecified atom stereocenters. The number of methoxy groups -OCH3 is 1. The summed E-state index contributed by atoms with van der Waals surface area (Å²) in [5, 5.41) is 5.38. The molecule has 4 nitrogen and oxygen atoms in total. The first-order chi connectivity index (χ1) is 11.1. The van der Waals surface area contributed by atoms with Gasteiger partial charge in [-0.05, 0) is 42.7 Å². The van der Waals surface area contributed by atoms with E-state index in [1.807, 2.05) is 24.3 Å². The van der Waals surface area contributed by atoms with Crippen LogP contribution in [0, 0.1) is 5.82 Å². The van der Waals surface area contributed by atoms with Gasteiger partial charge in [0.2, 0.25) is 0 Å². The first kappa shape index (κ1) is 15.3. The lowest BCUT2D eigenvalue weighted by Gasteiger charge is -2.17. The van der Waals surface area contributed by atoms with E-state index in [0.717, 1.165) is 18.6 Å². The minimum Gasteiger partial charge on any atom is -0.497 e. The number of carbonyl (C=O) groups excluding carboxylic acids is 1. The number of ether oxygens (including phenoxy) is 1. The van der Waals surface area contributed by atoms with Crippen LogP contribution in [0.3, 0.4) is 0 Å². The molecule has 23 heavy (non-hydrogen) atoms. The van der Waals surface area contributed by atoms with Crippen LogP contribution >= 0.6 is 0 Å². The normalized spacial score (nSPS) is 14.9. The highest BCUT2D eigenvalue weighted by Gasteiger charge is 2.44. The molecule has 0 saturated heterocycles. The summed E-state index contributed by atoms with van der Waals surface area (Å²) >= 11 is 0. The number of benzene rings is 2. The molecule has 0 atom stereocenters. The zero-order valence-corrected chi connectivity index (χ0v) is 12.9. The zero-order chi connectivity index (χ0) is 16.3. The van der Waals surface area contributed by atoms with Crippen molar-refractivity contribution in [2.75, 3.05) is 19.0 Å². The highest BCUT2D eigenvalue weighted by atomic mass is 19.1. The van der Waals surface area contributed by atoms with Gasteiger partial charge in [0, 0.05) is 12.0 Å². The Morgan fingerprint density at radius 1 is 1.17 bits per heavy atom. The van der Waals surface area contributed by atoms with Gasteiger partial charge in [-0.15, -0.1) is 0 Å². The van der Waals surface area contributed by atoms with E-state index < -0.39 is 11.8 Å². The van der Waals surface area contributed by atoms with E-state index in [9.17, 15) is 9.18 Å². The Hall–Kier alpha value is -2.56. The number of hydrogen-bond acceptors (Lipinski definition) is 2. The molecule has 1 saturated carbocycles. The molecule has 2 aromatic carbocycles. The summed E-state index contributed by atoms with van der Waals surface area (Å²) in [6, 6.07) is 13.6. The van der Waals surface area contributed by atoms with E-state index in [-0.39, 0.29) is 11.1 Å². The summed E-state index contributed by atoms with van der Waals surface area (Å²) in [7, 11) is 1.64. The lowest BCUT2D eigenvalue weighted by Crippen LogP contribution is -2.35. The molecule has 5 heteroatoms. The molecule has 2 N–H and O–H groups in total. The third-order valence-corrected chi connectivity index (χ3v) is 4.27. The quantitative estimate of drug-likeness (QED) is 0.884. The molecule has 2 amide bonds. The molecule has 0 radical (unpaired) electrons. The number of carbonyl (C=O) groups is 1. The lowest BCUT2D eigenvalue weighted by atomic mass is 9.96. The second-order valence-corrected chi connectivity index (χ2v) is 5.80. The molecule has 0 heterocycles. The SMILES string of the molecule is COc1ccc(C2(CNC(=O)Nc3ccccc3F)CC2)cc1. The number of urea groups is 1. The summed E-state index contributed by atoms with van der Waals surface area (Å²) in [5.41, 5.74) is 1.35. The van der Waals surface area contributed by atoms with Crippen LogP contribution < -0.4 is 15.4 Å². The van der Waals surface area contributed by atoms with Gasteiger partial charge in [-0.1, -0.05) is 24.3 Å². The first-order valence-corrected chi connectivity index (χ1v) is 7.57. The monoisotopic (exact) mass is 314 g/mol. The molecule has 0 aliphatic heterocycles. The summed E-state index contributed by atoms with van der Waals surface area (Å²) in [5.74, 6) is 0.369. The van der Waals surface area contributed by atoms with Crippen molar-refractivity contribution in [3.8, 4) is 5.75 Å². The number of para-hydroxylation sites is 1. The molecule has 0 aromatic heterocycles. The van der Waals surface area contributed by atoms with Gasteiger partial charge in [-0.3, -0.25) is 0 Å². The predicted molar refractivity (Wildman–Crippen MR) is 87.3 cm³/mol. The van der Waals surface area contributed by atoms with Crippen LogP contribution in [0.2, 0.25) is 0 Å². The smallest absolute Gasteiger partial charge is 0.319 e. The highest BCUT2D eigenvalue weighted by molar-refractivity contribution is 5.89. The second-order valence-electron chi connectivity index (χ2n) is 5.80. The van der Waals surface area contributed by atoms with Gasteiger partial charge in [0.25, 0.3) is 0 Å². The molecule has 0 spiro atoms. The van der Waals surface area contributed by atoms with Gasteiger partial charge in [-0.25, -0.2) is 9.18 Å². The van der Waals surface area contributed by atoms with Gasteiger partial charge in [0.15, 0.2) is 0 Å². The van der Waals surface area contributed by atoms with Crippen molar-refractivity contribution in [1.29, 1.82) is 0 Å². The molecule has 2 aromatic rings. The number of rotatable bonds is 5. The largest absolute Gasteiger partial charge is 0.497 e. The molecular weight excluding hydrogens is 295 g/mol. The number of anilines is 1. The van der Waals surface area contributed by atoms with Crippen molar-refractivity contribution in [2.24, 2.45) is 0 Å². The summed E-state index contributed by atoms with van der Waals surface area (Å²) < 4.78 is 18.7. The second kappa shape index (κ2) is 6.28. The van der Waals surface area contributed by atoms with Crippen LogP contribution in [0.4, 0.5) is 14.9 Å². The Morgan fingerprint density at radius 2 is 1.87 bits per heavy atom. The van der Waals surface area contributed by atoms with Crippen molar-refractivity contribution in [3.63, 3.8) is 0 Å². The summed E-state index contributed by atoms with van der Waals surface area (Å²) in [4.78, 5) is 12.0. The van der Waals surface area contributed by atoms with Gasteiger partial charge in [0.05, 0.1) is 12.8 Å². The zero-order valence-electron chi connectivity index (χ0n) is 12.9. The Kier molecular flexibility index (Phi) is 4.19. The topological polar surface area (TPSA) is 50.4 Å². The van der Waals surface area contributed by atoms with Crippen LogP contribution in [-0.4, -0.2) is 19.7 Å². The maximum absolute atomic E-state index is 13.5. The average molecular weight is 314 g/mol. The fourth-order valence-electron chi connectivity index (χ4n) is 2.64. The molecule has 0 bridgehead atoms. The van der Waals surface area contributed by atoms with Crippen LogP contribution in [0.1, 0.15) is 18.4 Å². The Labute approximate surface area is 134 Å². The van der Waals surface area contributed by atoms with E-state index in [0.29, 0.717) is 6.54 Å². The van der Waals surface area contributed by atoms with Gasteiger partial charge >= 0.3 is 6.03 Å². The lowest BCUT2D eigenvalue weighted by molar-refractivity contribution is 0.251. The van der Waals surface area contributed by atoms with Crippen molar-refractivity contribution in [2.45, 2.75) is 18.3 Å². The molecule has 120 valence electrons. The van der Waals surface area contributed by atoms with Crippen molar-refractivity contribution < 1.29 is 13.9 Å². The standard InChI is InChI=1S/C18H19FN2O2/c1-23-14-8-6-13(7-9-14)18(10-11-18)12-20-17(22)21-16-5-3-2-4-15(16)19/h2-9H,10-12H2,1H3,(H2,20,21,22). The molecular formula is C18H19FN2O2. The van der Waals surface area contributed by atoms with E-state index in [1.54, 1.807) is 19.2 Å². The van der Waals surface area contributed by atoms with Crippen molar-refractivity contribution in [3.05, 3.63) is 59.9 Å². The van der Waals surface area contributed by atoms with Gasteiger partial charge < -0.3 is 15.4 Å². The Morgan fingerprint density at radius 3 is 2.48 bits per heavy atom. The Balaban J connectivity index is 1.59. The number of hydrogen-bond donors (Lipinski definition) is 2. The number of halogens is 1. The van der Waals surface area contributed by atoms with E-state index in [2.05, 4.69) is 10.6 Å². The maximum atomic E-state index is 13.5. The Bertz CT molecular complexity index is 696. The van der Waals surface area contributed by atoms with Crippen LogP contribution in [0.5, 0.6) is 5.75 Å². The molecule has 1 aliphatic carbocycles. The van der Waals surface area contributed by atoms with Gasteiger partial charge in [-0.2, -0.15) is 0 Å². The van der Waals surface area contributed by atoms with Crippen LogP contribution in [0.25, 0.3) is 0 Å². The van der Waals surface area contributed by atoms with E-state index in [4.69, 9.17) is 4.74 Å². The van der Waals surface area contributed by atoms with Crippen LogP contribution in [-0.2, 0) is 5.41 Å². The minimum atomic E-state index is -0.445. The van der Waals surface area contributed by atoms with Crippen LogP contribution in [0.15, 0.2) is 48.5 Å². The first-order valence-electron chi connectivity index (χ1n) is 7.57. The number of nitrogens with one attached hydrogen (secondary N) is 2. The maximum Gasteiger partial charge on any atom is 0.319 e. The van der Waals surface area contributed by atoms with E-state index in [1.165, 1.54) is 17.7 Å². The fourth-order valence-corrected chi connectivity index (χ4v) is 2.64. The van der Waals surface area contributed by atoms with Gasteiger partial charge in [0.1, 0.15) is 11.6 Å². The predicted octanol–water partition coefficient (Wildman–Crippen LogP) is 3.69. The van der Waals surface area contributed by atoms with Crippen molar-refractivity contribution in [1.82, 2.24) is 5.32 Å². The minimum absolute atomic E-state index is 0.0150. The highest BCUT2D eigenvalue weighted by Crippen LogP contribution is 2.47. The average Bonchev–Trinajstić information content (AvgIpc) is 3.36.